The summed E-state index contributed by atoms with van der Waals surface area (Å²) in [6, 6.07) is 25.3. The number of carbonyl (C=O) groups is 2. The second-order valence-corrected chi connectivity index (χ2v) is 15.5. The van der Waals surface area contributed by atoms with Gasteiger partial charge in [0.1, 0.15) is 12.6 Å². The number of aryl methyl sites for hydroxylation is 2. The Balaban J connectivity index is 0.000000317. The molecule has 4 N–H and O–H groups in total. The Labute approximate surface area is 367 Å². The molecule has 2 heterocycles. The lowest BCUT2D eigenvalue weighted by Gasteiger charge is -2.40. The van der Waals surface area contributed by atoms with Crippen LogP contribution in [0.4, 0.5) is 0 Å². The highest BCUT2D eigenvalue weighted by Gasteiger charge is 2.37. The van der Waals surface area contributed by atoms with Crippen LogP contribution in [0.3, 0.4) is 0 Å². The van der Waals surface area contributed by atoms with Crippen molar-refractivity contribution in [3.05, 3.63) is 118 Å². The first-order valence-electron chi connectivity index (χ1n) is 21.6. The summed E-state index contributed by atoms with van der Waals surface area (Å²) in [5.41, 5.74) is 5.40. The van der Waals surface area contributed by atoms with Gasteiger partial charge in [-0.2, -0.15) is 0 Å². The normalized spacial score (nSPS) is 21.5. The van der Waals surface area contributed by atoms with Gasteiger partial charge in [-0.3, -0.25) is 9.59 Å². The SMILES string of the molecule is CCC(C)O.CCOc1cc(C2OC(CC(O)CC)CC(CC3CC(C)OC(c4ccc(C)cc4)O3)O2)ccc1O.CCOc1cc(C=O)ccc1O.Cc1ccc(C=O)cc1. The van der Waals surface area contributed by atoms with Gasteiger partial charge in [0, 0.05) is 35.1 Å². The molecule has 340 valence electrons. The Morgan fingerprint density at radius 3 is 1.63 bits per heavy atom. The topological polar surface area (TPSA) is 170 Å². The molecule has 6 rings (SSSR count). The predicted octanol–water partition coefficient (Wildman–Crippen LogP) is 9.90. The van der Waals surface area contributed by atoms with Crippen LogP contribution < -0.4 is 9.47 Å². The lowest BCUT2D eigenvalue weighted by Crippen LogP contribution is -2.40. The third-order valence-electron chi connectivity index (χ3n) is 10.1. The molecular formula is C50H68O12. The summed E-state index contributed by atoms with van der Waals surface area (Å²) >= 11 is 0. The monoisotopic (exact) mass is 860 g/mol. The van der Waals surface area contributed by atoms with Crippen LogP contribution >= 0.6 is 0 Å². The summed E-state index contributed by atoms with van der Waals surface area (Å²) in [5, 5.41) is 38.0. The second-order valence-electron chi connectivity index (χ2n) is 15.5. The fourth-order valence-corrected chi connectivity index (χ4v) is 6.41. The van der Waals surface area contributed by atoms with E-state index in [9.17, 15) is 24.9 Å². The maximum Gasteiger partial charge on any atom is 0.184 e. The Kier molecular flexibility index (Phi) is 22.7. The summed E-state index contributed by atoms with van der Waals surface area (Å²) in [4.78, 5) is 20.5. The minimum Gasteiger partial charge on any atom is -0.504 e. The Morgan fingerprint density at radius 2 is 1.10 bits per heavy atom. The number of aliphatic hydroxyl groups excluding tert-OH is 2. The first-order valence-corrected chi connectivity index (χ1v) is 21.6. The molecule has 0 aromatic heterocycles. The van der Waals surface area contributed by atoms with Gasteiger partial charge in [0.15, 0.2) is 35.6 Å². The lowest BCUT2D eigenvalue weighted by atomic mass is 9.96. The van der Waals surface area contributed by atoms with Gasteiger partial charge in [-0.25, -0.2) is 0 Å². The van der Waals surface area contributed by atoms with Gasteiger partial charge in [-0.15, -0.1) is 0 Å². The van der Waals surface area contributed by atoms with Crippen LogP contribution in [0, 0.1) is 13.8 Å². The third-order valence-corrected chi connectivity index (χ3v) is 10.1. The van der Waals surface area contributed by atoms with Crippen molar-refractivity contribution in [2.24, 2.45) is 0 Å². The highest BCUT2D eigenvalue weighted by atomic mass is 16.7. The Bertz CT molecular complexity index is 1880. The van der Waals surface area contributed by atoms with Crippen LogP contribution in [0.2, 0.25) is 0 Å². The number of benzene rings is 4. The molecule has 4 aromatic carbocycles. The van der Waals surface area contributed by atoms with E-state index in [1.54, 1.807) is 25.1 Å². The van der Waals surface area contributed by atoms with Gasteiger partial charge >= 0.3 is 0 Å². The van der Waals surface area contributed by atoms with Crippen LogP contribution in [-0.4, -0.2) is 82.8 Å². The molecule has 2 aliphatic rings. The van der Waals surface area contributed by atoms with E-state index in [0.29, 0.717) is 62.2 Å². The highest BCUT2D eigenvalue weighted by molar-refractivity contribution is 5.76. The number of phenolic OH excluding ortho intramolecular Hbond substituents is 2. The minimum absolute atomic E-state index is 0.0284. The quantitative estimate of drug-likeness (QED) is 0.0887. The molecule has 0 radical (unpaired) electrons. The number of rotatable bonds is 14. The molecule has 0 saturated carbocycles. The smallest absolute Gasteiger partial charge is 0.184 e. The first-order chi connectivity index (χ1) is 29.7. The van der Waals surface area contributed by atoms with Gasteiger partial charge in [0.05, 0.1) is 49.8 Å². The van der Waals surface area contributed by atoms with Crippen molar-refractivity contribution in [2.75, 3.05) is 13.2 Å². The van der Waals surface area contributed by atoms with Crippen molar-refractivity contribution in [2.45, 2.75) is 143 Å². The zero-order valence-electron chi connectivity index (χ0n) is 37.6. The fourth-order valence-electron chi connectivity index (χ4n) is 6.41. The fraction of sp³-hybridized carbons (Fsp3) is 0.480. The van der Waals surface area contributed by atoms with E-state index in [-0.39, 0.29) is 42.0 Å². The number of ether oxygens (including phenoxy) is 6. The third kappa shape index (κ3) is 17.9. The minimum atomic E-state index is -0.622. The van der Waals surface area contributed by atoms with Crippen molar-refractivity contribution >= 4 is 12.6 Å². The number of hydrogen-bond acceptors (Lipinski definition) is 12. The molecule has 2 saturated heterocycles. The molecule has 4 aromatic rings. The zero-order chi connectivity index (χ0) is 45.6. The van der Waals surface area contributed by atoms with E-state index in [0.717, 1.165) is 35.8 Å². The second kappa shape index (κ2) is 27.3. The molecule has 62 heavy (non-hydrogen) atoms. The molecule has 8 unspecified atom stereocenters. The first kappa shape index (κ1) is 51.5. The summed E-state index contributed by atoms with van der Waals surface area (Å²) in [7, 11) is 0. The molecule has 2 fully saturated rings. The number of aldehydes is 2. The van der Waals surface area contributed by atoms with Crippen LogP contribution in [0.25, 0.3) is 0 Å². The summed E-state index contributed by atoms with van der Waals surface area (Å²) in [5.74, 6) is 0.888. The average Bonchev–Trinajstić information content (AvgIpc) is 3.26. The molecule has 0 amide bonds. The van der Waals surface area contributed by atoms with Gasteiger partial charge in [-0.1, -0.05) is 79.6 Å². The van der Waals surface area contributed by atoms with Crippen molar-refractivity contribution in [1.82, 2.24) is 0 Å². The molecule has 0 bridgehead atoms. The van der Waals surface area contributed by atoms with Gasteiger partial charge in [-0.05, 0) is 97.6 Å². The molecule has 12 nitrogen and oxygen atoms in total. The summed E-state index contributed by atoms with van der Waals surface area (Å²) < 4.78 is 35.8. The molecule has 0 aliphatic carbocycles. The van der Waals surface area contributed by atoms with Crippen LogP contribution in [-0.2, 0) is 18.9 Å². The number of carbonyl (C=O) groups excluding carboxylic acids is 2. The summed E-state index contributed by atoms with van der Waals surface area (Å²) in [6.45, 7) is 16.4. The summed E-state index contributed by atoms with van der Waals surface area (Å²) in [6.07, 6.45) is 3.98. The Morgan fingerprint density at radius 1 is 0.629 bits per heavy atom. The number of hydrogen-bond donors (Lipinski definition) is 4. The van der Waals surface area contributed by atoms with Crippen molar-refractivity contribution < 1.29 is 58.4 Å². The van der Waals surface area contributed by atoms with E-state index < -0.39 is 18.7 Å². The predicted molar refractivity (Wildman–Crippen MR) is 239 cm³/mol. The van der Waals surface area contributed by atoms with E-state index in [4.69, 9.17) is 33.5 Å². The van der Waals surface area contributed by atoms with E-state index in [1.165, 1.54) is 29.3 Å². The standard InChI is InChI=1S/C29H40O7.C9H10O3.C8H8O.C4H10O/c1-5-22(30)15-24-17-25(36-29(35-24)21-11-12-26(31)27(14-21)32-6-2)16-23-13-19(4)33-28(34-23)20-9-7-18(3)8-10-20;1-2-12-9-5-7(6-10)3-4-8(9)11;1-7-2-4-8(6-9)5-3-7;1-3-4(2)5/h7-12,14,19,22-25,28-31H,5-6,13,15-17H2,1-4H3;3-6,11H,2H2,1H3;2-6H,1H3;4-5H,3H2,1-2H3. The maximum absolute atomic E-state index is 10.3. The molecule has 8 atom stereocenters. The zero-order valence-corrected chi connectivity index (χ0v) is 37.6. The van der Waals surface area contributed by atoms with Crippen molar-refractivity contribution in [1.29, 1.82) is 0 Å². The van der Waals surface area contributed by atoms with Crippen molar-refractivity contribution in [3.63, 3.8) is 0 Å². The van der Waals surface area contributed by atoms with E-state index in [2.05, 4.69) is 38.1 Å². The number of phenols is 2. The molecule has 0 spiro atoms. The van der Waals surface area contributed by atoms with Gasteiger partial charge < -0.3 is 48.8 Å². The number of aromatic hydroxyl groups is 2. The number of aliphatic hydroxyl groups is 2. The van der Waals surface area contributed by atoms with E-state index in [1.807, 2.05) is 58.9 Å². The van der Waals surface area contributed by atoms with Crippen LogP contribution in [0.15, 0.2) is 84.9 Å². The van der Waals surface area contributed by atoms with Crippen LogP contribution in [0.1, 0.15) is 136 Å². The lowest BCUT2D eigenvalue weighted by molar-refractivity contribution is -0.277. The largest absolute Gasteiger partial charge is 0.504 e. The van der Waals surface area contributed by atoms with E-state index >= 15 is 0 Å². The average molecular weight is 861 g/mol. The van der Waals surface area contributed by atoms with Crippen molar-refractivity contribution in [3.8, 4) is 23.0 Å². The molecular weight excluding hydrogens is 793 g/mol. The van der Waals surface area contributed by atoms with Gasteiger partial charge in [0.25, 0.3) is 0 Å². The molecule has 12 heteroatoms. The molecule has 2 aliphatic heterocycles. The van der Waals surface area contributed by atoms with Gasteiger partial charge in [0.2, 0.25) is 0 Å². The Hall–Kier alpha value is -4.82. The maximum atomic E-state index is 10.3. The highest BCUT2D eigenvalue weighted by Crippen LogP contribution is 2.39. The van der Waals surface area contributed by atoms with Crippen LogP contribution in [0.5, 0.6) is 23.0 Å².